The molecule has 1 fully saturated rings. The molecule has 0 spiro atoms. The molecule has 0 bridgehead atoms. The summed E-state index contributed by atoms with van der Waals surface area (Å²) in [6.07, 6.45) is 4.07. The molecule has 1 aromatic heterocycles. The molecule has 2 rings (SSSR count). The molecule has 2 nitrogen and oxygen atoms in total. The van der Waals surface area contributed by atoms with Crippen molar-refractivity contribution in [2.45, 2.75) is 45.7 Å². The summed E-state index contributed by atoms with van der Waals surface area (Å²) in [5, 5.41) is 5.74. The van der Waals surface area contributed by atoms with E-state index in [0.29, 0.717) is 6.04 Å². The lowest BCUT2D eigenvalue weighted by molar-refractivity contribution is 0.206. The molecular weight excluding hydrogens is 216 g/mol. The van der Waals surface area contributed by atoms with Crippen LogP contribution in [-0.2, 0) is 6.54 Å². The fraction of sp³-hybridized carbons (Fsp3) is 0.692. The van der Waals surface area contributed by atoms with Gasteiger partial charge in [-0.3, -0.25) is 0 Å². The van der Waals surface area contributed by atoms with Crippen LogP contribution in [-0.4, -0.2) is 6.04 Å². The molecular formula is C13H22N2S. The smallest absolute Gasteiger partial charge is 0.0468 e. The van der Waals surface area contributed by atoms with E-state index in [1.807, 2.05) is 6.07 Å². The zero-order valence-electron chi connectivity index (χ0n) is 10.2. The highest BCUT2D eigenvalue weighted by atomic mass is 32.1. The predicted octanol–water partition coefficient (Wildman–Crippen LogP) is 3.24. The van der Waals surface area contributed by atoms with Crippen LogP contribution in [0.15, 0.2) is 11.4 Å². The average molecular weight is 238 g/mol. The number of nitrogens with two attached hydrogens (primary N) is 1. The fourth-order valence-corrected chi connectivity index (χ4v) is 3.34. The van der Waals surface area contributed by atoms with Crippen LogP contribution in [0.2, 0.25) is 0 Å². The Balaban J connectivity index is 1.88. The lowest BCUT2D eigenvalue weighted by atomic mass is 9.78. The maximum absolute atomic E-state index is 5.89. The molecule has 0 aliphatic heterocycles. The summed E-state index contributed by atoms with van der Waals surface area (Å²) < 4.78 is 0. The van der Waals surface area contributed by atoms with Gasteiger partial charge in [0.05, 0.1) is 0 Å². The van der Waals surface area contributed by atoms with E-state index in [1.54, 1.807) is 11.3 Å². The molecule has 0 radical (unpaired) electrons. The number of nitrogens with one attached hydrogen (secondary N) is 1. The lowest BCUT2D eigenvalue weighted by Gasteiger charge is -2.34. The summed E-state index contributed by atoms with van der Waals surface area (Å²) >= 11 is 1.75. The van der Waals surface area contributed by atoms with Gasteiger partial charge in [0.15, 0.2) is 0 Å². The number of rotatable bonds is 3. The second-order valence-electron chi connectivity index (χ2n) is 5.05. The normalized spacial score (nSPS) is 30.5. The monoisotopic (exact) mass is 238 g/mol. The summed E-state index contributed by atoms with van der Waals surface area (Å²) in [7, 11) is 0. The molecule has 90 valence electrons. The summed E-state index contributed by atoms with van der Waals surface area (Å²) in [5.41, 5.74) is 6.83. The molecule has 1 aromatic rings. The third-order valence-corrected chi connectivity index (χ3v) is 4.95. The minimum absolute atomic E-state index is 0.672. The minimum Gasteiger partial charge on any atom is -0.398 e. The van der Waals surface area contributed by atoms with E-state index >= 15 is 0 Å². The van der Waals surface area contributed by atoms with Crippen LogP contribution in [0.5, 0.6) is 0 Å². The molecule has 1 aliphatic carbocycles. The minimum atomic E-state index is 0.672. The maximum atomic E-state index is 5.89. The molecule has 0 aromatic carbocycles. The van der Waals surface area contributed by atoms with Crippen LogP contribution in [0.25, 0.3) is 0 Å². The van der Waals surface area contributed by atoms with E-state index in [1.165, 1.54) is 24.1 Å². The van der Waals surface area contributed by atoms with Crippen molar-refractivity contribution in [2.75, 3.05) is 5.73 Å². The van der Waals surface area contributed by atoms with Crippen LogP contribution < -0.4 is 11.1 Å². The van der Waals surface area contributed by atoms with Gasteiger partial charge in [0, 0.05) is 23.2 Å². The van der Waals surface area contributed by atoms with Crippen LogP contribution in [0.1, 0.15) is 38.0 Å². The van der Waals surface area contributed by atoms with Gasteiger partial charge in [-0.05, 0) is 29.7 Å². The Morgan fingerprint density at radius 2 is 2.25 bits per heavy atom. The van der Waals surface area contributed by atoms with Gasteiger partial charge in [0.2, 0.25) is 0 Å². The van der Waals surface area contributed by atoms with E-state index in [0.717, 1.165) is 24.1 Å². The Morgan fingerprint density at radius 1 is 1.44 bits per heavy atom. The van der Waals surface area contributed by atoms with Gasteiger partial charge < -0.3 is 11.1 Å². The topological polar surface area (TPSA) is 38.0 Å². The SMILES string of the molecule is CC1CCCC(NCc2sccc2N)C1C. The zero-order chi connectivity index (χ0) is 11.5. The van der Waals surface area contributed by atoms with Crippen molar-refractivity contribution in [1.29, 1.82) is 0 Å². The molecule has 3 N–H and O–H groups in total. The van der Waals surface area contributed by atoms with E-state index in [4.69, 9.17) is 5.73 Å². The molecule has 0 saturated heterocycles. The summed E-state index contributed by atoms with van der Waals surface area (Å²) in [6, 6.07) is 2.67. The number of thiophene rings is 1. The quantitative estimate of drug-likeness (QED) is 0.848. The number of hydrogen-bond acceptors (Lipinski definition) is 3. The van der Waals surface area contributed by atoms with Crippen molar-refractivity contribution in [1.82, 2.24) is 5.32 Å². The van der Waals surface area contributed by atoms with Crippen LogP contribution in [0, 0.1) is 11.8 Å². The lowest BCUT2D eigenvalue weighted by Crippen LogP contribution is -2.40. The first-order valence-corrected chi connectivity index (χ1v) is 7.11. The van der Waals surface area contributed by atoms with Crippen molar-refractivity contribution >= 4 is 17.0 Å². The Morgan fingerprint density at radius 3 is 2.94 bits per heavy atom. The second-order valence-corrected chi connectivity index (χ2v) is 6.05. The van der Waals surface area contributed by atoms with Crippen LogP contribution in [0.3, 0.4) is 0 Å². The van der Waals surface area contributed by atoms with Crippen molar-refractivity contribution in [3.8, 4) is 0 Å². The molecule has 3 unspecified atom stereocenters. The first-order valence-electron chi connectivity index (χ1n) is 6.23. The van der Waals surface area contributed by atoms with Gasteiger partial charge in [-0.25, -0.2) is 0 Å². The average Bonchev–Trinajstić information content (AvgIpc) is 2.67. The molecule has 16 heavy (non-hydrogen) atoms. The third kappa shape index (κ3) is 2.58. The standard InChI is InChI=1S/C13H22N2S/c1-9-4-3-5-12(10(9)2)15-8-13-11(14)6-7-16-13/h6-7,9-10,12,15H,3-5,8,14H2,1-2H3. The Bertz CT molecular complexity index is 334. The maximum Gasteiger partial charge on any atom is 0.0468 e. The highest BCUT2D eigenvalue weighted by Crippen LogP contribution is 2.30. The van der Waals surface area contributed by atoms with Gasteiger partial charge in [-0.2, -0.15) is 0 Å². The molecule has 1 aliphatic rings. The van der Waals surface area contributed by atoms with Gasteiger partial charge in [-0.15, -0.1) is 11.3 Å². The number of anilines is 1. The van der Waals surface area contributed by atoms with Crippen molar-refractivity contribution in [3.63, 3.8) is 0 Å². The van der Waals surface area contributed by atoms with Crippen molar-refractivity contribution < 1.29 is 0 Å². The summed E-state index contributed by atoms with van der Waals surface area (Å²) in [4.78, 5) is 1.28. The van der Waals surface area contributed by atoms with Crippen molar-refractivity contribution in [3.05, 3.63) is 16.3 Å². The Hall–Kier alpha value is -0.540. The summed E-state index contributed by atoms with van der Waals surface area (Å²) in [5.74, 6) is 1.64. The molecule has 0 amide bonds. The molecule has 1 saturated carbocycles. The third-order valence-electron chi connectivity index (χ3n) is 4.01. The van der Waals surface area contributed by atoms with Crippen LogP contribution >= 0.6 is 11.3 Å². The highest BCUT2D eigenvalue weighted by Gasteiger charge is 2.26. The zero-order valence-corrected chi connectivity index (χ0v) is 11.0. The van der Waals surface area contributed by atoms with E-state index < -0.39 is 0 Å². The second kappa shape index (κ2) is 5.19. The van der Waals surface area contributed by atoms with Crippen LogP contribution in [0.4, 0.5) is 5.69 Å². The molecule has 3 atom stereocenters. The summed E-state index contributed by atoms with van der Waals surface area (Å²) in [6.45, 7) is 5.68. The van der Waals surface area contributed by atoms with Gasteiger partial charge >= 0.3 is 0 Å². The number of hydrogen-bond donors (Lipinski definition) is 2. The molecule has 3 heteroatoms. The van der Waals surface area contributed by atoms with E-state index in [9.17, 15) is 0 Å². The van der Waals surface area contributed by atoms with Gasteiger partial charge in [-0.1, -0.05) is 26.7 Å². The van der Waals surface area contributed by atoms with E-state index in [-0.39, 0.29) is 0 Å². The molecule has 1 heterocycles. The highest BCUT2D eigenvalue weighted by molar-refractivity contribution is 7.10. The van der Waals surface area contributed by atoms with E-state index in [2.05, 4.69) is 24.5 Å². The predicted molar refractivity (Wildman–Crippen MR) is 71.5 cm³/mol. The first-order chi connectivity index (χ1) is 7.68. The van der Waals surface area contributed by atoms with Gasteiger partial charge in [0.25, 0.3) is 0 Å². The number of nitrogen functional groups attached to an aromatic ring is 1. The Labute approximate surface area is 102 Å². The van der Waals surface area contributed by atoms with Crippen molar-refractivity contribution in [2.24, 2.45) is 11.8 Å². The van der Waals surface area contributed by atoms with Gasteiger partial charge in [0.1, 0.15) is 0 Å². The largest absolute Gasteiger partial charge is 0.398 e. The first kappa shape index (κ1) is 11.9. The Kier molecular flexibility index (Phi) is 3.87. The fourth-order valence-electron chi connectivity index (χ4n) is 2.59.